The maximum absolute atomic E-state index is 5.67. The second kappa shape index (κ2) is 1.47. The third kappa shape index (κ3) is 0.873. The Labute approximate surface area is 51.3 Å². The van der Waals surface area contributed by atoms with E-state index in [-0.39, 0.29) is 0 Å². The van der Waals surface area contributed by atoms with Gasteiger partial charge in [0, 0.05) is 6.04 Å². The van der Waals surface area contributed by atoms with E-state index in [0.29, 0.717) is 11.5 Å². The van der Waals surface area contributed by atoms with Crippen molar-refractivity contribution in [3.05, 3.63) is 0 Å². The molecule has 0 amide bonds. The van der Waals surface area contributed by atoms with Gasteiger partial charge >= 0.3 is 0 Å². The molecule has 8 heavy (non-hydrogen) atoms. The molecule has 2 N–H and O–H groups in total. The first-order valence-corrected chi connectivity index (χ1v) is 3.29. The first kappa shape index (κ1) is 6.09. The van der Waals surface area contributed by atoms with Gasteiger partial charge in [0.25, 0.3) is 0 Å². The highest BCUT2D eigenvalue weighted by atomic mass is 14.7. The van der Waals surface area contributed by atoms with Crippen LogP contribution < -0.4 is 5.73 Å². The Morgan fingerprint density at radius 1 is 1.62 bits per heavy atom. The number of rotatable bonds is 1. The molecule has 1 unspecified atom stereocenters. The van der Waals surface area contributed by atoms with Crippen LogP contribution in [0.3, 0.4) is 0 Å². The van der Waals surface area contributed by atoms with Gasteiger partial charge in [-0.2, -0.15) is 0 Å². The third-order valence-electron chi connectivity index (χ3n) is 2.22. The average Bonchev–Trinajstić information content (AvgIpc) is 2.13. The quantitative estimate of drug-likeness (QED) is 0.546. The Bertz CT molecular complexity index is 94.6. The fourth-order valence-electron chi connectivity index (χ4n) is 1.41. The van der Waals surface area contributed by atoms with Gasteiger partial charge < -0.3 is 5.73 Å². The summed E-state index contributed by atoms with van der Waals surface area (Å²) in [6, 6.07) is 0.407. The SMILES string of the molecule is C[C@@H](N)C1CC1(C)C. The maximum Gasteiger partial charge on any atom is 0.00440 e. The van der Waals surface area contributed by atoms with Crippen LogP contribution in [-0.2, 0) is 0 Å². The van der Waals surface area contributed by atoms with Gasteiger partial charge in [-0.05, 0) is 24.7 Å². The predicted octanol–water partition coefficient (Wildman–Crippen LogP) is 1.38. The van der Waals surface area contributed by atoms with Crippen molar-refractivity contribution in [2.75, 3.05) is 0 Å². The number of nitrogens with two attached hydrogens (primary N) is 1. The van der Waals surface area contributed by atoms with Crippen molar-refractivity contribution in [1.82, 2.24) is 0 Å². The monoisotopic (exact) mass is 113 g/mol. The number of hydrogen-bond donors (Lipinski definition) is 1. The van der Waals surface area contributed by atoms with E-state index in [1.54, 1.807) is 0 Å². The highest BCUT2D eigenvalue weighted by molar-refractivity contribution is 4.99. The molecule has 0 heterocycles. The molecule has 0 bridgehead atoms. The van der Waals surface area contributed by atoms with Crippen LogP contribution in [0.5, 0.6) is 0 Å². The van der Waals surface area contributed by atoms with Crippen molar-refractivity contribution in [2.45, 2.75) is 33.2 Å². The van der Waals surface area contributed by atoms with E-state index in [1.165, 1.54) is 6.42 Å². The molecule has 0 radical (unpaired) electrons. The highest BCUT2D eigenvalue weighted by Crippen LogP contribution is 2.52. The Kier molecular flexibility index (Phi) is 1.12. The summed E-state index contributed by atoms with van der Waals surface area (Å²) >= 11 is 0. The van der Waals surface area contributed by atoms with Crippen LogP contribution >= 0.6 is 0 Å². The molecule has 1 aliphatic rings. The highest BCUT2D eigenvalue weighted by Gasteiger charge is 2.47. The fraction of sp³-hybridized carbons (Fsp3) is 1.00. The summed E-state index contributed by atoms with van der Waals surface area (Å²) in [5.74, 6) is 0.794. The van der Waals surface area contributed by atoms with Crippen LogP contribution in [0.15, 0.2) is 0 Å². The van der Waals surface area contributed by atoms with E-state index in [9.17, 15) is 0 Å². The van der Waals surface area contributed by atoms with Crippen molar-refractivity contribution in [1.29, 1.82) is 0 Å². The maximum atomic E-state index is 5.67. The second-order valence-corrected chi connectivity index (χ2v) is 3.66. The van der Waals surface area contributed by atoms with Crippen LogP contribution in [-0.4, -0.2) is 6.04 Å². The smallest absolute Gasteiger partial charge is 0.00440 e. The zero-order valence-electron chi connectivity index (χ0n) is 5.94. The minimum atomic E-state index is 0.407. The molecular formula is C7H15N. The zero-order chi connectivity index (χ0) is 6.36. The minimum Gasteiger partial charge on any atom is -0.328 e. The summed E-state index contributed by atoms with van der Waals surface area (Å²) in [6.07, 6.45) is 1.32. The van der Waals surface area contributed by atoms with E-state index in [2.05, 4.69) is 20.8 Å². The van der Waals surface area contributed by atoms with E-state index in [4.69, 9.17) is 5.73 Å². The lowest BCUT2D eigenvalue weighted by Crippen LogP contribution is -2.19. The summed E-state index contributed by atoms with van der Waals surface area (Å²) in [5, 5.41) is 0. The van der Waals surface area contributed by atoms with Crippen LogP contribution in [0, 0.1) is 11.3 Å². The van der Waals surface area contributed by atoms with E-state index >= 15 is 0 Å². The average molecular weight is 113 g/mol. The molecule has 2 atom stereocenters. The molecular weight excluding hydrogens is 98.1 g/mol. The Hall–Kier alpha value is -0.0400. The standard InChI is InChI=1S/C7H15N/c1-5(8)6-4-7(6,2)3/h5-6H,4,8H2,1-3H3/t5-,6?/m1/s1. The van der Waals surface area contributed by atoms with E-state index < -0.39 is 0 Å². The van der Waals surface area contributed by atoms with E-state index in [0.717, 1.165) is 5.92 Å². The van der Waals surface area contributed by atoms with Gasteiger partial charge in [-0.15, -0.1) is 0 Å². The predicted molar refractivity (Wildman–Crippen MR) is 35.5 cm³/mol. The van der Waals surface area contributed by atoms with Crippen LogP contribution in [0.2, 0.25) is 0 Å². The van der Waals surface area contributed by atoms with Gasteiger partial charge in [0.15, 0.2) is 0 Å². The molecule has 1 heteroatoms. The lowest BCUT2D eigenvalue weighted by atomic mass is 10.1. The minimum absolute atomic E-state index is 0.407. The van der Waals surface area contributed by atoms with Crippen molar-refractivity contribution in [3.8, 4) is 0 Å². The molecule has 0 aromatic rings. The molecule has 1 rings (SSSR count). The third-order valence-corrected chi connectivity index (χ3v) is 2.22. The first-order chi connectivity index (χ1) is 3.54. The molecule has 0 spiro atoms. The Balaban J connectivity index is 2.37. The van der Waals surface area contributed by atoms with Gasteiger partial charge in [-0.25, -0.2) is 0 Å². The fourth-order valence-corrected chi connectivity index (χ4v) is 1.41. The second-order valence-electron chi connectivity index (χ2n) is 3.66. The zero-order valence-corrected chi connectivity index (χ0v) is 5.94. The molecule has 0 aliphatic heterocycles. The van der Waals surface area contributed by atoms with Gasteiger partial charge in [-0.3, -0.25) is 0 Å². The van der Waals surface area contributed by atoms with Crippen molar-refractivity contribution in [2.24, 2.45) is 17.1 Å². The molecule has 1 fully saturated rings. The normalized spacial score (nSPS) is 36.8. The molecule has 0 aromatic heterocycles. The summed E-state index contributed by atoms with van der Waals surface area (Å²) in [6.45, 7) is 6.65. The summed E-state index contributed by atoms with van der Waals surface area (Å²) in [5.41, 5.74) is 6.24. The Morgan fingerprint density at radius 3 is 2.00 bits per heavy atom. The van der Waals surface area contributed by atoms with Crippen LogP contribution in [0.4, 0.5) is 0 Å². The van der Waals surface area contributed by atoms with Crippen molar-refractivity contribution < 1.29 is 0 Å². The van der Waals surface area contributed by atoms with Gasteiger partial charge in [0.1, 0.15) is 0 Å². The van der Waals surface area contributed by atoms with Crippen LogP contribution in [0.1, 0.15) is 27.2 Å². The number of hydrogen-bond acceptors (Lipinski definition) is 1. The molecule has 48 valence electrons. The topological polar surface area (TPSA) is 26.0 Å². The Morgan fingerprint density at radius 2 is 2.00 bits per heavy atom. The molecule has 1 aliphatic carbocycles. The lowest BCUT2D eigenvalue weighted by Gasteiger charge is -2.04. The van der Waals surface area contributed by atoms with E-state index in [1.807, 2.05) is 0 Å². The van der Waals surface area contributed by atoms with Crippen molar-refractivity contribution >= 4 is 0 Å². The van der Waals surface area contributed by atoms with Crippen LogP contribution in [0.25, 0.3) is 0 Å². The molecule has 1 saturated carbocycles. The summed E-state index contributed by atoms with van der Waals surface area (Å²) in [4.78, 5) is 0. The molecule has 0 aromatic carbocycles. The van der Waals surface area contributed by atoms with Gasteiger partial charge in [-0.1, -0.05) is 13.8 Å². The first-order valence-electron chi connectivity index (χ1n) is 3.29. The lowest BCUT2D eigenvalue weighted by molar-refractivity contribution is 0.501. The van der Waals surface area contributed by atoms with Gasteiger partial charge in [0.2, 0.25) is 0 Å². The summed E-state index contributed by atoms with van der Waals surface area (Å²) in [7, 11) is 0. The van der Waals surface area contributed by atoms with Crippen molar-refractivity contribution in [3.63, 3.8) is 0 Å². The molecule has 1 nitrogen and oxygen atoms in total. The molecule has 0 saturated heterocycles. The summed E-state index contributed by atoms with van der Waals surface area (Å²) < 4.78 is 0. The van der Waals surface area contributed by atoms with Gasteiger partial charge in [0.05, 0.1) is 0 Å². The largest absolute Gasteiger partial charge is 0.328 e.